The predicted molar refractivity (Wildman–Crippen MR) is 96.6 cm³/mol. The fourth-order valence-electron chi connectivity index (χ4n) is 3.72. The molecule has 1 aromatic heterocycles. The smallest absolute Gasteiger partial charge is 0.289 e. The largest absolute Gasteiger partial charge is 0.459 e. The highest BCUT2D eigenvalue weighted by Gasteiger charge is 2.41. The lowest BCUT2D eigenvalue weighted by atomic mass is 10.1. The van der Waals surface area contributed by atoms with Gasteiger partial charge in [-0.1, -0.05) is 30.3 Å². The Hall–Kier alpha value is -3.09. The van der Waals surface area contributed by atoms with Crippen LogP contribution in [-0.4, -0.2) is 64.6 Å². The standard InChI is InChI=1S/C20H21N3O4/c24-18-14-22(13-15-5-2-1-3-6-15)19(25)16-8-9-21(10-11-23(16)18)20(26)17-7-4-12-27-17/h1-7,12,16H,8-11,13-14H2. The van der Waals surface area contributed by atoms with Gasteiger partial charge < -0.3 is 19.1 Å². The maximum Gasteiger partial charge on any atom is 0.289 e. The van der Waals surface area contributed by atoms with Gasteiger partial charge in [0.1, 0.15) is 12.6 Å². The van der Waals surface area contributed by atoms with Crippen LogP contribution in [0.5, 0.6) is 0 Å². The zero-order valence-electron chi connectivity index (χ0n) is 14.9. The van der Waals surface area contributed by atoms with Crippen LogP contribution in [0, 0.1) is 0 Å². The highest BCUT2D eigenvalue weighted by atomic mass is 16.3. The van der Waals surface area contributed by atoms with Crippen molar-refractivity contribution in [1.82, 2.24) is 14.7 Å². The number of rotatable bonds is 3. The van der Waals surface area contributed by atoms with E-state index in [-0.39, 0.29) is 30.0 Å². The van der Waals surface area contributed by atoms with Crippen LogP contribution in [0.15, 0.2) is 53.1 Å². The molecular weight excluding hydrogens is 346 g/mol. The van der Waals surface area contributed by atoms with Crippen molar-refractivity contribution < 1.29 is 18.8 Å². The number of carbonyl (C=O) groups is 3. The molecule has 0 aliphatic carbocycles. The quantitative estimate of drug-likeness (QED) is 0.821. The summed E-state index contributed by atoms with van der Waals surface area (Å²) in [5.74, 6) is -0.0484. The van der Waals surface area contributed by atoms with Crippen LogP contribution in [0.25, 0.3) is 0 Å². The molecule has 0 N–H and O–H groups in total. The van der Waals surface area contributed by atoms with Crippen LogP contribution in [0.3, 0.4) is 0 Å². The van der Waals surface area contributed by atoms with Crippen LogP contribution >= 0.6 is 0 Å². The first-order chi connectivity index (χ1) is 13.1. The number of furan rings is 1. The van der Waals surface area contributed by atoms with Gasteiger partial charge in [0.25, 0.3) is 5.91 Å². The first-order valence-electron chi connectivity index (χ1n) is 9.08. The van der Waals surface area contributed by atoms with Crippen molar-refractivity contribution in [1.29, 1.82) is 0 Å². The first-order valence-corrected chi connectivity index (χ1v) is 9.08. The molecule has 1 atom stereocenters. The molecule has 2 saturated heterocycles. The lowest BCUT2D eigenvalue weighted by molar-refractivity contribution is -0.156. The number of carbonyl (C=O) groups excluding carboxylic acids is 3. The van der Waals surface area contributed by atoms with E-state index in [1.807, 2.05) is 30.3 Å². The number of benzene rings is 1. The van der Waals surface area contributed by atoms with E-state index in [9.17, 15) is 14.4 Å². The molecule has 0 spiro atoms. The summed E-state index contributed by atoms with van der Waals surface area (Å²) in [6.45, 7) is 1.68. The molecule has 140 valence electrons. The highest BCUT2D eigenvalue weighted by molar-refractivity contribution is 5.95. The Morgan fingerprint density at radius 2 is 1.85 bits per heavy atom. The molecule has 27 heavy (non-hydrogen) atoms. The van der Waals surface area contributed by atoms with Crippen LogP contribution in [0.4, 0.5) is 0 Å². The number of piperazine rings is 1. The van der Waals surface area contributed by atoms with Crippen LogP contribution in [0.1, 0.15) is 22.5 Å². The van der Waals surface area contributed by atoms with E-state index in [4.69, 9.17) is 4.42 Å². The summed E-state index contributed by atoms with van der Waals surface area (Å²) < 4.78 is 5.19. The molecule has 0 radical (unpaired) electrons. The lowest BCUT2D eigenvalue weighted by Gasteiger charge is -2.39. The fraction of sp³-hybridized carbons (Fsp3) is 0.350. The number of fused-ring (bicyclic) bond motifs is 1. The van der Waals surface area contributed by atoms with E-state index in [1.54, 1.807) is 26.8 Å². The Morgan fingerprint density at radius 1 is 1.04 bits per heavy atom. The lowest BCUT2D eigenvalue weighted by Crippen LogP contribution is -2.59. The number of hydrogen-bond acceptors (Lipinski definition) is 4. The van der Waals surface area contributed by atoms with Gasteiger partial charge in [-0.25, -0.2) is 0 Å². The monoisotopic (exact) mass is 367 g/mol. The maximum absolute atomic E-state index is 13.0. The number of nitrogens with zero attached hydrogens (tertiary/aromatic N) is 3. The summed E-state index contributed by atoms with van der Waals surface area (Å²) in [7, 11) is 0. The van der Waals surface area contributed by atoms with Gasteiger partial charge in [0, 0.05) is 26.2 Å². The van der Waals surface area contributed by atoms with Crippen molar-refractivity contribution in [2.45, 2.75) is 19.0 Å². The molecule has 7 heteroatoms. The summed E-state index contributed by atoms with van der Waals surface area (Å²) in [5.41, 5.74) is 0.996. The average Bonchev–Trinajstić information content (AvgIpc) is 3.12. The van der Waals surface area contributed by atoms with Crippen LogP contribution < -0.4 is 0 Å². The van der Waals surface area contributed by atoms with Crippen LogP contribution in [0.2, 0.25) is 0 Å². The second-order valence-electron chi connectivity index (χ2n) is 6.84. The Bertz CT molecular complexity index is 834. The van der Waals surface area contributed by atoms with Gasteiger partial charge >= 0.3 is 0 Å². The van der Waals surface area contributed by atoms with Gasteiger partial charge in [-0.15, -0.1) is 0 Å². The molecule has 3 amide bonds. The van der Waals surface area contributed by atoms with Crippen molar-refractivity contribution in [2.75, 3.05) is 26.2 Å². The topological polar surface area (TPSA) is 74.1 Å². The number of hydrogen-bond donors (Lipinski definition) is 0. The minimum atomic E-state index is -0.510. The van der Waals surface area contributed by atoms with E-state index in [0.717, 1.165) is 5.56 Å². The van der Waals surface area contributed by atoms with Crippen molar-refractivity contribution in [3.05, 3.63) is 60.1 Å². The molecule has 4 rings (SSSR count). The zero-order chi connectivity index (χ0) is 18.8. The summed E-state index contributed by atoms with van der Waals surface area (Å²) in [6.07, 6.45) is 1.89. The second kappa shape index (κ2) is 7.26. The van der Waals surface area contributed by atoms with Gasteiger partial charge in [-0.3, -0.25) is 14.4 Å². The minimum Gasteiger partial charge on any atom is -0.459 e. The van der Waals surface area contributed by atoms with Gasteiger partial charge in [-0.05, 0) is 24.1 Å². The summed E-state index contributed by atoms with van der Waals surface area (Å²) in [5, 5.41) is 0. The summed E-state index contributed by atoms with van der Waals surface area (Å²) in [4.78, 5) is 43.0. The van der Waals surface area contributed by atoms with Gasteiger partial charge in [0.2, 0.25) is 11.8 Å². The Kier molecular flexibility index (Phi) is 4.66. The predicted octanol–water partition coefficient (Wildman–Crippen LogP) is 1.37. The Morgan fingerprint density at radius 3 is 2.59 bits per heavy atom. The molecule has 2 aromatic rings. The molecule has 3 heterocycles. The molecule has 1 unspecified atom stereocenters. The molecule has 1 aromatic carbocycles. The van der Waals surface area contributed by atoms with Crippen molar-refractivity contribution in [3.8, 4) is 0 Å². The minimum absolute atomic E-state index is 0.0502. The molecule has 2 aliphatic rings. The van der Waals surface area contributed by atoms with Crippen molar-refractivity contribution in [3.63, 3.8) is 0 Å². The molecular formula is C20H21N3O4. The third-order valence-electron chi connectivity index (χ3n) is 5.14. The first kappa shape index (κ1) is 17.3. The van der Waals surface area contributed by atoms with Gasteiger partial charge in [-0.2, -0.15) is 0 Å². The third-order valence-corrected chi connectivity index (χ3v) is 5.14. The molecule has 2 fully saturated rings. The van der Waals surface area contributed by atoms with Gasteiger partial charge in [0.05, 0.1) is 6.26 Å². The SMILES string of the molecule is O=C(c1ccco1)N1CCC2C(=O)N(Cc3ccccc3)CC(=O)N2CC1. The molecule has 0 saturated carbocycles. The highest BCUT2D eigenvalue weighted by Crippen LogP contribution is 2.21. The van der Waals surface area contributed by atoms with E-state index in [2.05, 4.69) is 0 Å². The summed E-state index contributed by atoms with van der Waals surface area (Å²) in [6, 6.07) is 12.4. The molecule has 7 nitrogen and oxygen atoms in total. The summed E-state index contributed by atoms with van der Waals surface area (Å²) >= 11 is 0. The second-order valence-corrected chi connectivity index (χ2v) is 6.84. The van der Waals surface area contributed by atoms with E-state index in [1.165, 1.54) is 6.26 Å². The van der Waals surface area contributed by atoms with Crippen molar-refractivity contribution >= 4 is 17.7 Å². The Balaban J connectivity index is 1.48. The average molecular weight is 367 g/mol. The van der Waals surface area contributed by atoms with Crippen LogP contribution in [-0.2, 0) is 16.1 Å². The zero-order valence-corrected chi connectivity index (χ0v) is 14.9. The van der Waals surface area contributed by atoms with E-state index < -0.39 is 6.04 Å². The third kappa shape index (κ3) is 3.45. The normalized spacial score (nSPS) is 20.4. The number of amides is 3. The van der Waals surface area contributed by atoms with E-state index >= 15 is 0 Å². The fourth-order valence-corrected chi connectivity index (χ4v) is 3.72. The maximum atomic E-state index is 13.0. The molecule has 0 bridgehead atoms. The van der Waals surface area contributed by atoms with E-state index in [0.29, 0.717) is 32.6 Å². The Labute approximate surface area is 157 Å². The van der Waals surface area contributed by atoms with Crippen molar-refractivity contribution in [2.24, 2.45) is 0 Å². The van der Waals surface area contributed by atoms with Gasteiger partial charge in [0.15, 0.2) is 5.76 Å². The molecule has 2 aliphatic heterocycles.